The zero-order valence-electron chi connectivity index (χ0n) is 14.4. The van der Waals surface area contributed by atoms with Gasteiger partial charge in [-0.3, -0.25) is 14.7 Å². The third kappa shape index (κ3) is 4.11. The number of nitrogens with one attached hydrogen (secondary N) is 3. The van der Waals surface area contributed by atoms with Crippen molar-refractivity contribution in [3.63, 3.8) is 0 Å². The molecule has 1 aliphatic heterocycles. The van der Waals surface area contributed by atoms with Crippen molar-refractivity contribution in [3.8, 4) is 0 Å². The van der Waals surface area contributed by atoms with Crippen molar-refractivity contribution in [1.82, 2.24) is 25.7 Å². The summed E-state index contributed by atoms with van der Waals surface area (Å²) in [6, 6.07) is 6.86. The van der Waals surface area contributed by atoms with Crippen LogP contribution in [0.25, 0.3) is 10.9 Å². The van der Waals surface area contributed by atoms with Gasteiger partial charge in [0.1, 0.15) is 6.04 Å². The van der Waals surface area contributed by atoms with Gasteiger partial charge in [-0.05, 0) is 38.9 Å². The minimum Gasteiger partial charge on any atom is -0.341 e. The Morgan fingerprint density at radius 2 is 2.16 bits per heavy atom. The minimum atomic E-state index is -0.568. The summed E-state index contributed by atoms with van der Waals surface area (Å²) in [4.78, 5) is 26.8. The standard InChI is InChI=1S/C17H23N5O2.ClH/c1-11(17(24)22-8-7-12(10-22)9-18-2)19-16(23)15-13-5-3-4-6-14(13)20-21-15;/h3-6,11-12,18H,7-10H2,1-2H3,(H,19,23)(H,20,21);1H. The summed E-state index contributed by atoms with van der Waals surface area (Å²) in [7, 11) is 1.92. The van der Waals surface area contributed by atoms with Crippen molar-refractivity contribution in [1.29, 1.82) is 0 Å². The van der Waals surface area contributed by atoms with Gasteiger partial charge in [-0.15, -0.1) is 12.4 Å². The monoisotopic (exact) mass is 365 g/mol. The van der Waals surface area contributed by atoms with E-state index in [1.807, 2.05) is 36.2 Å². The first-order chi connectivity index (χ1) is 11.6. The fourth-order valence-electron chi connectivity index (χ4n) is 3.23. The molecule has 25 heavy (non-hydrogen) atoms. The molecule has 8 heteroatoms. The molecule has 0 radical (unpaired) electrons. The summed E-state index contributed by atoms with van der Waals surface area (Å²) >= 11 is 0. The zero-order valence-corrected chi connectivity index (χ0v) is 15.2. The molecule has 2 atom stereocenters. The number of halogens is 1. The first kappa shape index (κ1) is 19.2. The summed E-state index contributed by atoms with van der Waals surface area (Å²) in [5.41, 5.74) is 1.12. The van der Waals surface area contributed by atoms with Crippen molar-refractivity contribution in [2.24, 2.45) is 5.92 Å². The fourth-order valence-corrected chi connectivity index (χ4v) is 3.23. The van der Waals surface area contributed by atoms with Gasteiger partial charge < -0.3 is 15.5 Å². The van der Waals surface area contributed by atoms with Gasteiger partial charge in [0.05, 0.1) is 5.52 Å². The lowest BCUT2D eigenvalue weighted by Crippen LogP contribution is -2.46. The van der Waals surface area contributed by atoms with Gasteiger partial charge in [-0.2, -0.15) is 5.10 Å². The summed E-state index contributed by atoms with van der Waals surface area (Å²) in [6.45, 7) is 4.12. The van der Waals surface area contributed by atoms with Crippen LogP contribution >= 0.6 is 12.4 Å². The Kier molecular flexibility index (Phi) is 6.39. The minimum absolute atomic E-state index is 0. The third-order valence-corrected chi connectivity index (χ3v) is 4.49. The molecule has 1 aromatic carbocycles. The van der Waals surface area contributed by atoms with E-state index < -0.39 is 6.04 Å². The molecule has 3 N–H and O–H groups in total. The molecule has 3 rings (SSSR count). The van der Waals surface area contributed by atoms with Gasteiger partial charge in [-0.25, -0.2) is 0 Å². The molecule has 2 amide bonds. The number of fused-ring (bicyclic) bond motifs is 1. The molecule has 2 heterocycles. The number of H-pyrrole nitrogens is 1. The van der Waals surface area contributed by atoms with Crippen molar-refractivity contribution in [2.45, 2.75) is 19.4 Å². The fraction of sp³-hybridized carbons (Fsp3) is 0.471. The molecule has 1 saturated heterocycles. The molecule has 136 valence electrons. The molecule has 0 bridgehead atoms. The SMILES string of the molecule is CNCC1CCN(C(=O)C(C)NC(=O)c2n[nH]c3ccccc23)C1.Cl. The van der Waals surface area contributed by atoms with E-state index in [4.69, 9.17) is 0 Å². The van der Waals surface area contributed by atoms with Crippen LogP contribution in [-0.2, 0) is 4.79 Å². The molecular weight excluding hydrogens is 342 g/mol. The van der Waals surface area contributed by atoms with Crippen LogP contribution in [-0.4, -0.2) is 59.6 Å². The second-order valence-corrected chi connectivity index (χ2v) is 6.31. The second-order valence-electron chi connectivity index (χ2n) is 6.31. The van der Waals surface area contributed by atoms with Gasteiger partial charge in [-0.1, -0.05) is 18.2 Å². The summed E-state index contributed by atoms with van der Waals surface area (Å²) < 4.78 is 0. The Bertz CT molecular complexity index is 747. The summed E-state index contributed by atoms with van der Waals surface area (Å²) in [5, 5.41) is 13.6. The smallest absolute Gasteiger partial charge is 0.273 e. The molecule has 2 aromatic rings. The van der Waals surface area contributed by atoms with Gasteiger partial charge in [0, 0.05) is 18.5 Å². The number of hydrogen-bond donors (Lipinski definition) is 3. The lowest BCUT2D eigenvalue weighted by atomic mass is 10.1. The molecule has 0 saturated carbocycles. The Morgan fingerprint density at radius 3 is 2.92 bits per heavy atom. The van der Waals surface area contributed by atoms with E-state index in [1.165, 1.54) is 0 Å². The average Bonchev–Trinajstić information content (AvgIpc) is 3.21. The quantitative estimate of drug-likeness (QED) is 0.742. The van der Waals surface area contributed by atoms with Gasteiger partial charge in [0.15, 0.2) is 5.69 Å². The van der Waals surface area contributed by atoms with Crippen molar-refractivity contribution in [3.05, 3.63) is 30.0 Å². The molecule has 0 aliphatic carbocycles. The summed E-state index contributed by atoms with van der Waals surface area (Å²) in [5.74, 6) is 0.109. The molecule has 0 spiro atoms. The van der Waals surface area contributed by atoms with Crippen LogP contribution in [0.1, 0.15) is 23.8 Å². The topological polar surface area (TPSA) is 90.1 Å². The number of carbonyl (C=O) groups excluding carboxylic acids is 2. The van der Waals surface area contributed by atoms with Crippen LogP contribution in [0, 0.1) is 5.92 Å². The Morgan fingerprint density at radius 1 is 1.40 bits per heavy atom. The van der Waals surface area contributed by atoms with Gasteiger partial charge in [0.2, 0.25) is 5.91 Å². The average molecular weight is 366 g/mol. The third-order valence-electron chi connectivity index (χ3n) is 4.49. The zero-order chi connectivity index (χ0) is 17.1. The number of amides is 2. The highest BCUT2D eigenvalue weighted by Gasteiger charge is 2.29. The van der Waals surface area contributed by atoms with Crippen LogP contribution in [0.2, 0.25) is 0 Å². The molecule has 7 nitrogen and oxygen atoms in total. The van der Waals surface area contributed by atoms with Crippen LogP contribution in [0.15, 0.2) is 24.3 Å². The molecule has 1 aromatic heterocycles. The summed E-state index contributed by atoms with van der Waals surface area (Å²) in [6.07, 6.45) is 0.997. The molecule has 1 fully saturated rings. The lowest BCUT2D eigenvalue weighted by molar-refractivity contribution is -0.131. The van der Waals surface area contributed by atoms with E-state index in [9.17, 15) is 9.59 Å². The van der Waals surface area contributed by atoms with Crippen LogP contribution in [0.3, 0.4) is 0 Å². The first-order valence-electron chi connectivity index (χ1n) is 8.27. The maximum absolute atomic E-state index is 12.5. The predicted molar refractivity (Wildman–Crippen MR) is 98.9 cm³/mol. The Labute approximate surface area is 152 Å². The van der Waals surface area contributed by atoms with Crippen LogP contribution < -0.4 is 10.6 Å². The molecule has 2 unspecified atom stereocenters. The van der Waals surface area contributed by atoms with E-state index in [1.54, 1.807) is 6.92 Å². The highest BCUT2D eigenvalue weighted by Crippen LogP contribution is 2.17. The number of benzene rings is 1. The van der Waals surface area contributed by atoms with Crippen molar-refractivity contribution in [2.75, 3.05) is 26.7 Å². The second kappa shape index (κ2) is 8.31. The maximum Gasteiger partial charge on any atom is 0.273 e. The lowest BCUT2D eigenvalue weighted by Gasteiger charge is -2.21. The number of hydrogen-bond acceptors (Lipinski definition) is 4. The van der Waals surface area contributed by atoms with E-state index in [0.717, 1.165) is 37.0 Å². The highest BCUT2D eigenvalue weighted by atomic mass is 35.5. The highest BCUT2D eigenvalue weighted by molar-refractivity contribution is 6.05. The van der Waals surface area contributed by atoms with E-state index in [0.29, 0.717) is 11.6 Å². The van der Waals surface area contributed by atoms with Gasteiger partial charge in [0.25, 0.3) is 5.91 Å². The Balaban J connectivity index is 0.00000225. The maximum atomic E-state index is 12.5. The van der Waals surface area contributed by atoms with Crippen LogP contribution in [0.5, 0.6) is 0 Å². The predicted octanol–water partition coefficient (Wildman–Crippen LogP) is 1.17. The largest absolute Gasteiger partial charge is 0.341 e. The number of likely N-dealkylation sites (tertiary alicyclic amines) is 1. The Hall–Kier alpha value is -2.12. The van der Waals surface area contributed by atoms with E-state index >= 15 is 0 Å². The number of aromatic nitrogens is 2. The number of carbonyl (C=O) groups is 2. The molecule has 1 aliphatic rings. The van der Waals surface area contributed by atoms with E-state index in [-0.39, 0.29) is 24.2 Å². The number of para-hydroxylation sites is 1. The van der Waals surface area contributed by atoms with Crippen molar-refractivity contribution >= 4 is 35.1 Å². The van der Waals surface area contributed by atoms with Crippen LogP contribution in [0.4, 0.5) is 0 Å². The normalized spacial score (nSPS) is 18.0. The molecular formula is C17H24ClN5O2. The first-order valence-corrected chi connectivity index (χ1v) is 8.27. The number of aromatic amines is 1. The van der Waals surface area contributed by atoms with Crippen molar-refractivity contribution < 1.29 is 9.59 Å². The number of rotatable bonds is 5. The van der Waals surface area contributed by atoms with E-state index in [2.05, 4.69) is 20.8 Å². The number of nitrogens with zero attached hydrogens (tertiary/aromatic N) is 2. The van der Waals surface area contributed by atoms with Gasteiger partial charge >= 0.3 is 0 Å².